The second-order valence-electron chi connectivity index (χ2n) is 4.44. The molecule has 21 heavy (non-hydrogen) atoms. The normalized spacial score (nSPS) is 12.0. The van der Waals surface area contributed by atoms with Crippen molar-refractivity contribution in [2.24, 2.45) is 0 Å². The van der Waals surface area contributed by atoms with Gasteiger partial charge in [0.25, 0.3) is 0 Å². The van der Waals surface area contributed by atoms with Gasteiger partial charge in [0.05, 0.1) is 20.9 Å². The van der Waals surface area contributed by atoms with E-state index in [9.17, 15) is 18.5 Å². The summed E-state index contributed by atoms with van der Waals surface area (Å²) in [6.07, 6.45) is 0. The Balaban J connectivity index is 2.23. The zero-order valence-electron chi connectivity index (χ0n) is 11.4. The van der Waals surface area contributed by atoms with Gasteiger partial charge in [-0.3, -0.25) is 10.1 Å². The third kappa shape index (κ3) is 3.28. The summed E-state index contributed by atoms with van der Waals surface area (Å²) >= 11 is 1.31. The van der Waals surface area contributed by atoms with Crippen molar-refractivity contribution in [3.05, 3.63) is 27.8 Å². The number of nitro benzene ring substituents is 1. The molecule has 1 N–H and O–H groups in total. The van der Waals surface area contributed by atoms with Gasteiger partial charge >= 0.3 is 5.69 Å². The van der Waals surface area contributed by atoms with E-state index in [-0.39, 0.29) is 23.7 Å². The summed E-state index contributed by atoms with van der Waals surface area (Å²) in [7, 11) is -0.459. The summed E-state index contributed by atoms with van der Waals surface area (Å²) in [6.45, 7) is 0.0804. The van der Waals surface area contributed by atoms with Crippen LogP contribution in [0.4, 0.5) is 11.4 Å². The standard InChI is InChI=1S/C11H14N4O4S2/c1-14(2)21(18,19)6-5-12-8-3-4-9-10(13-7-20-9)11(8)15(16)17/h3-4,7,12H,5-6H2,1-2H3. The van der Waals surface area contributed by atoms with Crippen molar-refractivity contribution in [1.29, 1.82) is 0 Å². The van der Waals surface area contributed by atoms with Crippen molar-refractivity contribution in [2.75, 3.05) is 31.7 Å². The number of hydrogen-bond donors (Lipinski definition) is 1. The van der Waals surface area contributed by atoms with Gasteiger partial charge in [-0.25, -0.2) is 17.7 Å². The van der Waals surface area contributed by atoms with Crippen molar-refractivity contribution >= 4 is 43.0 Å². The maximum absolute atomic E-state index is 11.7. The smallest absolute Gasteiger partial charge is 0.319 e. The third-order valence-electron chi connectivity index (χ3n) is 2.89. The Labute approximate surface area is 125 Å². The lowest BCUT2D eigenvalue weighted by Crippen LogP contribution is -2.28. The van der Waals surface area contributed by atoms with Gasteiger partial charge < -0.3 is 5.32 Å². The maximum atomic E-state index is 11.7. The highest BCUT2D eigenvalue weighted by atomic mass is 32.2. The fraction of sp³-hybridized carbons (Fsp3) is 0.364. The van der Waals surface area contributed by atoms with Gasteiger partial charge in [-0.2, -0.15) is 0 Å². The van der Waals surface area contributed by atoms with Crippen molar-refractivity contribution < 1.29 is 13.3 Å². The summed E-state index contributed by atoms with van der Waals surface area (Å²) in [5.41, 5.74) is 1.99. The molecule has 0 saturated carbocycles. The Morgan fingerprint density at radius 2 is 2.14 bits per heavy atom. The number of fused-ring (bicyclic) bond motifs is 1. The largest absolute Gasteiger partial charge is 0.378 e. The first-order valence-corrected chi connectivity index (χ1v) is 8.46. The Bertz CT molecular complexity index is 770. The molecule has 0 unspecified atom stereocenters. The number of nitrogens with zero attached hydrogens (tertiary/aromatic N) is 3. The van der Waals surface area contributed by atoms with E-state index in [1.54, 1.807) is 12.1 Å². The molecule has 0 aliphatic carbocycles. The second kappa shape index (κ2) is 5.92. The molecule has 0 fully saturated rings. The van der Waals surface area contributed by atoms with Crippen LogP contribution >= 0.6 is 11.3 Å². The van der Waals surface area contributed by atoms with Gasteiger partial charge in [-0.15, -0.1) is 11.3 Å². The number of sulfonamides is 1. The van der Waals surface area contributed by atoms with Crippen molar-refractivity contribution in [2.45, 2.75) is 0 Å². The van der Waals surface area contributed by atoms with Gasteiger partial charge in [0.2, 0.25) is 10.0 Å². The molecular weight excluding hydrogens is 316 g/mol. The molecule has 0 bridgehead atoms. The predicted octanol–water partition coefficient (Wildman–Crippen LogP) is 1.51. The second-order valence-corrected chi connectivity index (χ2v) is 7.63. The van der Waals surface area contributed by atoms with Crippen LogP contribution in [0.3, 0.4) is 0 Å². The average Bonchev–Trinajstić information content (AvgIpc) is 2.85. The molecule has 1 aromatic carbocycles. The minimum atomic E-state index is -3.35. The molecule has 0 aliphatic rings. The van der Waals surface area contributed by atoms with E-state index in [2.05, 4.69) is 10.3 Å². The molecular formula is C11H14N4O4S2. The van der Waals surface area contributed by atoms with Gasteiger partial charge in [-0.1, -0.05) is 0 Å². The Kier molecular flexibility index (Phi) is 4.40. The van der Waals surface area contributed by atoms with E-state index in [0.29, 0.717) is 10.2 Å². The monoisotopic (exact) mass is 330 g/mol. The molecule has 8 nitrogen and oxygen atoms in total. The van der Waals surface area contributed by atoms with E-state index in [4.69, 9.17) is 0 Å². The van der Waals surface area contributed by atoms with E-state index >= 15 is 0 Å². The number of nitro groups is 1. The molecule has 0 aliphatic heterocycles. The minimum Gasteiger partial charge on any atom is -0.378 e. The van der Waals surface area contributed by atoms with Crippen LogP contribution in [0, 0.1) is 10.1 Å². The van der Waals surface area contributed by atoms with Crippen LogP contribution in [0.15, 0.2) is 17.6 Å². The Morgan fingerprint density at radius 3 is 2.76 bits per heavy atom. The highest BCUT2D eigenvalue weighted by Gasteiger charge is 2.21. The molecule has 0 atom stereocenters. The maximum Gasteiger partial charge on any atom is 0.319 e. The van der Waals surface area contributed by atoms with Crippen LogP contribution in [-0.2, 0) is 10.0 Å². The summed E-state index contributed by atoms with van der Waals surface area (Å²) in [6, 6.07) is 3.30. The minimum absolute atomic E-state index is 0.0804. The van der Waals surface area contributed by atoms with Crippen LogP contribution in [-0.4, -0.2) is 49.0 Å². The number of rotatable bonds is 6. The topological polar surface area (TPSA) is 105 Å². The average molecular weight is 330 g/mol. The Morgan fingerprint density at radius 1 is 1.43 bits per heavy atom. The molecule has 1 heterocycles. The summed E-state index contributed by atoms with van der Waals surface area (Å²) in [5, 5.41) is 14.0. The lowest BCUT2D eigenvalue weighted by Gasteiger charge is -2.12. The molecule has 0 amide bonds. The molecule has 0 saturated heterocycles. The van der Waals surface area contributed by atoms with E-state index in [1.165, 1.54) is 30.9 Å². The Hall–Kier alpha value is -1.78. The van der Waals surface area contributed by atoms with Gasteiger partial charge in [0.15, 0.2) is 5.52 Å². The third-order valence-corrected chi connectivity index (χ3v) is 5.52. The zero-order chi connectivity index (χ0) is 15.6. The number of benzene rings is 1. The van der Waals surface area contributed by atoms with Crippen molar-refractivity contribution in [1.82, 2.24) is 9.29 Å². The lowest BCUT2D eigenvalue weighted by atomic mass is 10.2. The quantitative estimate of drug-likeness (QED) is 0.636. The molecule has 2 rings (SSSR count). The van der Waals surface area contributed by atoms with Crippen molar-refractivity contribution in [3.8, 4) is 0 Å². The number of thiazole rings is 1. The highest BCUT2D eigenvalue weighted by Crippen LogP contribution is 2.34. The first kappa shape index (κ1) is 15.6. The highest BCUT2D eigenvalue weighted by molar-refractivity contribution is 7.89. The molecule has 1 aromatic heterocycles. The molecule has 114 valence electrons. The zero-order valence-corrected chi connectivity index (χ0v) is 13.1. The summed E-state index contributed by atoms with van der Waals surface area (Å²) < 4.78 is 25.1. The fourth-order valence-corrected chi connectivity index (χ4v) is 3.15. The molecule has 2 aromatic rings. The number of nitrogens with one attached hydrogen (secondary N) is 1. The summed E-state index contributed by atoms with van der Waals surface area (Å²) in [5.74, 6) is -0.147. The first-order chi connectivity index (χ1) is 9.83. The fourth-order valence-electron chi connectivity index (χ4n) is 1.74. The van der Waals surface area contributed by atoms with E-state index in [0.717, 1.165) is 4.31 Å². The van der Waals surface area contributed by atoms with Crippen molar-refractivity contribution in [3.63, 3.8) is 0 Å². The van der Waals surface area contributed by atoms with Crippen LogP contribution in [0.2, 0.25) is 0 Å². The molecule has 10 heteroatoms. The van der Waals surface area contributed by atoms with Crippen LogP contribution in [0.1, 0.15) is 0 Å². The number of aromatic nitrogens is 1. The lowest BCUT2D eigenvalue weighted by molar-refractivity contribution is -0.382. The van der Waals surface area contributed by atoms with Crippen LogP contribution in [0.25, 0.3) is 10.2 Å². The summed E-state index contributed by atoms with van der Waals surface area (Å²) in [4.78, 5) is 14.7. The van der Waals surface area contributed by atoms with Gasteiger partial charge in [-0.05, 0) is 12.1 Å². The number of hydrogen-bond acceptors (Lipinski definition) is 7. The van der Waals surface area contributed by atoms with Crippen LogP contribution < -0.4 is 5.32 Å². The van der Waals surface area contributed by atoms with E-state index in [1.807, 2.05) is 0 Å². The molecule has 0 radical (unpaired) electrons. The van der Waals surface area contributed by atoms with Gasteiger partial charge in [0.1, 0.15) is 5.69 Å². The molecule has 0 spiro atoms. The predicted molar refractivity (Wildman–Crippen MR) is 82.2 cm³/mol. The first-order valence-electron chi connectivity index (χ1n) is 5.97. The van der Waals surface area contributed by atoms with Crippen LogP contribution in [0.5, 0.6) is 0 Å². The SMILES string of the molecule is CN(C)S(=O)(=O)CCNc1ccc2scnc2c1[N+](=O)[O-]. The van der Waals surface area contributed by atoms with E-state index < -0.39 is 14.9 Å². The number of anilines is 1. The van der Waals surface area contributed by atoms with Gasteiger partial charge in [0, 0.05) is 20.6 Å².